The van der Waals surface area contributed by atoms with Crippen molar-refractivity contribution in [3.8, 4) is 0 Å². The van der Waals surface area contributed by atoms with E-state index in [1.54, 1.807) is 0 Å². The molecule has 0 bridgehead atoms. The molecule has 4 amide bonds. The van der Waals surface area contributed by atoms with Crippen molar-refractivity contribution in [1.29, 1.82) is 0 Å². The van der Waals surface area contributed by atoms with E-state index >= 15 is 0 Å². The fraction of sp³-hybridized carbons (Fsp3) is 0.541. The Morgan fingerprint density at radius 3 is 1.40 bits per heavy atom. The molecule has 38 heteroatoms. The number of rotatable bonds is 23. The lowest BCUT2D eigenvalue weighted by Gasteiger charge is -2.45. The topological polar surface area (TPSA) is 529 Å². The number of hydrogen-bond acceptors (Lipinski definition) is 26. The number of thiazole rings is 2. The van der Waals surface area contributed by atoms with E-state index < -0.39 is 146 Å². The Morgan fingerprint density at radius 2 is 1.09 bits per heavy atom. The van der Waals surface area contributed by atoms with E-state index in [4.69, 9.17) is 47.8 Å². The summed E-state index contributed by atoms with van der Waals surface area (Å²) in [6.45, 7) is 3.86. The summed E-state index contributed by atoms with van der Waals surface area (Å²) in [5, 5.41) is 28.6. The standard InChI is InChI=1S/C19H26N8O10S2.C18H24N6O10S2/c1-19(2,15(30)31)37-25-13(10-7-38-17(22)24-10)12(28)3-9-11(27(14(9)29)39(33,34)35)6-26-5-8(36-18(26)32)4-23-16(20)21;1-18(2,15(27)28)34-22-13(10-7-35-16(20)21-10)12(25)3-9-11(24(14(9)26)36(30,31)32)6-23-5-8(4-19)33-17(23)29/h7-9,11H,3-6H2,1-2H3,(H2,22,24)(H,30,31)(H4,20,21,23)(H,33,34,35);7-9,11H,3-6,19H2,1-2H3,(H2,20,21)(H,27,28)(H,30,31,32)/b25-13-;22-13-/t2*8-,9-,11+/m00/s1. The molecule has 4 saturated heterocycles. The van der Waals surface area contributed by atoms with Crippen LogP contribution < -0.4 is 28.7 Å². The summed E-state index contributed by atoms with van der Waals surface area (Å²) in [6.07, 6.45) is -4.33. The molecule has 4 aliphatic rings. The van der Waals surface area contributed by atoms with Gasteiger partial charge < -0.3 is 67.8 Å². The van der Waals surface area contributed by atoms with Crippen molar-refractivity contribution in [2.45, 2.75) is 76.0 Å². The summed E-state index contributed by atoms with van der Waals surface area (Å²) in [4.78, 5) is 123. The van der Waals surface area contributed by atoms with Gasteiger partial charge in [-0.25, -0.2) is 42.7 Å². The predicted molar refractivity (Wildman–Crippen MR) is 256 cm³/mol. The summed E-state index contributed by atoms with van der Waals surface area (Å²) in [5.41, 5.74) is 22.6. The SMILES string of the molecule is CC(C)(O/N=C(\C(=O)C[C@@H]1C(=O)N(S(=O)(=O)O)[C@@H]1CN1C[C@H](CN)OC1=O)c1csc(N)n1)C(=O)O.CC(C)(O/N=C(\C(=O)C[C@@H]1C(=O)N(S(=O)(=O)O)[C@@H]1CN1C[C@H](CN=C(N)N)OC1=O)c1csc(N)n1)C(=O)O. The molecular formula is C37H50N14O20S4. The minimum absolute atomic E-state index is 0.0129. The van der Waals surface area contributed by atoms with Gasteiger partial charge in [-0.05, 0) is 27.7 Å². The molecule has 6 rings (SSSR count). The number of aliphatic imine (C=N–C) groups is 1. The number of ketones is 2. The number of nitrogens with zero attached hydrogens (tertiary/aromatic N) is 9. The van der Waals surface area contributed by atoms with Gasteiger partial charge in [0.2, 0.25) is 23.0 Å². The number of guanidine groups is 1. The van der Waals surface area contributed by atoms with Gasteiger partial charge >= 0.3 is 44.7 Å². The van der Waals surface area contributed by atoms with Gasteiger partial charge in [0.1, 0.15) is 23.6 Å². The van der Waals surface area contributed by atoms with Crippen LogP contribution in [0.4, 0.5) is 19.9 Å². The average molecular weight is 1140 g/mol. The van der Waals surface area contributed by atoms with Crippen LogP contribution in [0.3, 0.4) is 0 Å². The second-order valence-electron chi connectivity index (χ2n) is 17.5. The third-order valence-electron chi connectivity index (χ3n) is 11.2. The maximum Gasteiger partial charge on any atom is 0.410 e. The lowest BCUT2D eigenvalue weighted by Crippen LogP contribution is -2.66. The summed E-state index contributed by atoms with van der Waals surface area (Å²) in [6, 6.07) is -2.64. The van der Waals surface area contributed by atoms with Crippen molar-refractivity contribution in [3.63, 3.8) is 0 Å². The number of aliphatic carboxylic acids is 2. The number of carboxylic acid groups (broad SMARTS) is 2. The van der Waals surface area contributed by atoms with E-state index in [1.807, 2.05) is 0 Å². The van der Waals surface area contributed by atoms with E-state index in [0.717, 1.165) is 32.5 Å². The summed E-state index contributed by atoms with van der Waals surface area (Å²) >= 11 is 1.92. The normalized spacial score (nSPS) is 22.3. The van der Waals surface area contributed by atoms with E-state index in [0.29, 0.717) is 0 Å². The Hall–Kier alpha value is -7.39. The number of aromatic nitrogens is 2. The van der Waals surface area contributed by atoms with Crippen LogP contribution in [0.5, 0.6) is 0 Å². The molecule has 75 heavy (non-hydrogen) atoms. The van der Waals surface area contributed by atoms with Crippen LogP contribution in [0.25, 0.3) is 0 Å². The van der Waals surface area contributed by atoms with Gasteiger partial charge in [-0.1, -0.05) is 10.3 Å². The highest BCUT2D eigenvalue weighted by atomic mass is 32.2. The maximum atomic E-state index is 13.2. The Morgan fingerprint density at radius 1 is 0.720 bits per heavy atom. The lowest BCUT2D eigenvalue weighted by atomic mass is 9.84. The first kappa shape index (κ1) is 58.5. The second kappa shape index (κ2) is 22.6. The van der Waals surface area contributed by atoms with Crippen LogP contribution in [0.1, 0.15) is 51.9 Å². The van der Waals surface area contributed by atoms with Gasteiger partial charge in [-0.2, -0.15) is 16.8 Å². The first-order valence-corrected chi connectivity index (χ1v) is 26.0. The minimum atomic E-state index is -5.04. The second-order valence-corrected chi connectivity index (χ2v) is 21.8. The fourth-order valence-electron chi connectivity index (χ4n) is 7.15. The number of ether oxygens (including phenoxy) is 2. The van der Waals surface area contributed by atoms with Gasteiger partial charge in [-0.15, -0.1) is 22.7 Å². The zero-order chi connectivity index (χ0) is 56.3. The molecule has 0 radical (unpaired) electrons. The van der Waals surface area contributed by atoms with E-state index in [1.165, 1.54) is 38.5 Å². The molecule has 6 heterocycles. The Bertz CT molecular complexity index is 2940. The molecule has 0 saturated carbocycles. The third kappa shape index (κ3) is 13.9. The molecule has 34 nitrogen and oxygen atoms in total. The zero-order valence-electron chi connectivity index (χ0n) is 39.6. The monoisotopic (exact) mass is 1140 g/mol. The molecule has 14 N–H and O–H groups in total. The van der Waals surface area contributed by atoms with Crippen LogP contribution in [0.15, 0.2) is 26.1 Å². The van der Waals surface area contributed by atoms with Crippen LogP contribution in [0.2, 0.25) is 0 Å². The smallest absolute Gasteiger partial charge is 0.410 e. The van der Waals surface area contributed by atoms with Gasteiger partial charge in [-0.3, -0.25) is 28.3 Å². The number of cyclic esters (lactones) is 2. The molecule has 0 unspecified atom stereocenters. The van der Waals surface area contributed by atoms with Crippen LogP contribution in [0, 0.1) is 11.8 Å². The molecule has 0 spiro atoms. The van der Waals surface area contributed by atoms with Crippen molar-refractivity contribution >= 4 is 118 Å². The highest BCUT2D eigenvalue weighted by Gasteiger charge is 2.57. The summed E-state index contributed by atoms with van der Waals surface area (Å²) in [5.74, 6) is -9.49. The van der Waals surface area contributed by atoms with Gasteiger partial charge in [0.15, 0.2) is 39.2 Å². The van der Waals surface area contributed by atoms with Crippen molar-refractivity contribution in [2.24, 2.45) is 44.3 Å². The van der Waals surface area contributed by atoms with E-state index in [-0.39, 0.29) is 68.9 Å². The summed E-state index contributed by atoms with van der Waals surface area (Å²) in [7, 11) is -10.0. The molecule has 412 valence electrons. The van der Waals surface area contributed by atoms with Gasteiger partial charge in [0, 0.05) is 43.2 Å². The minimum Gasteiger partial charge on any atom is -0.478 e. The highest BCUT2D eigenvalue weighted by molar-refractivity contribution is 7.84. The van der Waals surface area contributed by atoms with Gasteiger partial charge in [0.05, 0.1) is 43.6 Å². The molecule has 4 fully saturated rings. The Balaban J connectivity index is 0.000000278. The quantitative estimate of drug-likeness (QED) is 0.0173. The predicted octanol–water partition coefficient (Wildman–Crippen LogP) is -3.33. The molecule has 0 aromatic carbocycles. The van der Waals surface area contributed by atoms with E-state index in [9.17, 15) is 74.5 Å². The van der Waals surface area contributed by atoms with Crippen molar-refractivity contribution in [1.82, 2.24) is 28.4 Å². The van der Waals surface area contributed by atoms with Crippen LogP contribution >= 0.6 is 22.7 Å². The molecular weight excluding hydrogens is 1090 g/mol. The number of anilines is 2. The number of carboxylic acids is 2. The molecule has 6 atom stereocenters. The first-order valence-electron chi connectivity index (χ1n) is 21.4. The highest BCUT2D eigenvalue weighted by Crippen LogP contribution is 2.36. The number of Topliss-reactive ketones (excluding diaryl/α,β-unsaturated/α-hetero) is 2. The zero-order valence-corrected chi connectivity index (χ0v) is 42.9. The average Bonchev–Trinajstić information content (AvgIpc) is 4.10. The number of hydrogen-bond donors (Lipinski definition) is 9. The van der Waals surface area contributed by atoms with E-state index in [2.05, 4.69) is 25.3 Å². The Labute approximate surface area is 432 Å². The number of carbonyl (C=O) groups excluding carboxylic acids is 6. The van der Waals surface area contributed by atoms with Crippen molar-refractivity contribution in [2.75, 3.05) is 50.7 Å². The Kier molecular flexibility index (Phi) is 17.6. The number of oxime groups is 2. The maximum absolute atomic E-state index is 13.2. The van der Waals surface area contributed by atoms with Crippen molar-refractivity contribution in [3.05, 3.63) is 22.1 Å². The van der Waals surface area contributed by atoms with Crippen LogP contribution in [-0.4, -0.2) is 204 Å². The fourth-order valence-corrected chi connectivity index (χ4v) is 10.1. The third-order valence-corrected chi connectivity index (χ3v) is 14.4. The van der Waals surface area contributed by atoms with Crippen LogP contribution in [-0.2, 0) is 68.5 Å². The first-order chi connectivity index (χ1) is 34.7. The molecule has 4 aliphatic heterocycles. The number of β-lactam (4-membered cyclic amide) rings is 2. The number of nitrogen functional groups attached to an aromatic ring is 2. The molecule has 2 aromatic heterocycles. The summed E-state index contributed by atoms with van der Waals surface area (Å²) < 4.78 is 76.8. The van der Waals surface area contributed by atoms with Crippen molar-refractivity contribution < 1.29 is 93.7 Å². The molecule has 2 aromatic rings. The van der Waals surface area contributed by atoms with Gasteiger partial charge in [0.25, 0.3) is 0 Å². The number of carbonyl (C=O) groups is 8. The number of nitrogens with two attached hydrogens (primary N) is 5. The largest absolute Gasteiger partial charge is 0.478 e. The lowest BCUT2D eigenvalue weighted by molar-refractivity contribution is -0.161. The number of amides is 4. The molecule has 0 aliphatic carbocycles.